The first-order valence-corrected chi connectivity index (χ1v) is 11.3. The Morgan fingerprint density at radius 3 is 2.87 bits per heavy atom. The van der Waals surface area contributed by atoms with Gasteiger partial charge in [0.05, 0.1) is 18.3 Å². The molecule has 0 saturated heterocycles. The Morgan fingerprint density at radius 1 is 1.26 bits per heavy atom. The molecule has 0 aliphatic heterocycles. The zero-order valence-electron chi connectivity index (χ0n) is 17.9. The van der Waals surface area contributed by atoms with Gasteiger partial charge in [-0.1, -0.05) is 19.1 Å². The van der Waals surface area contributed by atoms with Gasteiger partial charge in [0.2, 0.25) is 11.8 Å². The van der Waals surface area contributed by atoms with Crippen LogP contribution in [0.15, 0.2) is 29.3 Å². The van der Waals surface area contributed by atoms with Crippen LogP contribution in [-0.2, 0) is 29.0 Å². The molecule has 0 radical (unpaired) electrons. The van der Waals surface area contributed by atoms with Crippen LogP contribution in [0.1, 0.15) is 34.9 Å². The SMILES string of the molecule is Cc1cccc(NC(=O)CNC(=O)Cn2cnc3sc4c(c3c2=O)CC[C@H](C)C4)c1C. The van der Waals surface area contributed by atoms with Gasteiger partial charge >= 0.3 is 0 Å². The van der Waals surface area contributed by atoms with Crippen LogP contribution in [-0.4, -0.2) is 27.9 Å². The zero-order valence-corrected chi connectivity index (χ0v) is 18.8. The van der Waals surface area contributed by atoms with E-state index in [0.717, 1.165) is 46.5 Å². The topological polar surface area (TPSA) is 93.1 Å². The Bertz CT molecular complexity index is 1230. The van der Waals surface area contributed by atoms with Crippen LogP contribution in [0.2, 0.25) is 0 Å². The largest absolute Gasteiger partial charge is 0.345 e. The number of nitrogens with zero attached hydrogens (tertiary/aromatic N) is 2. The van der Waals surface area contributed by atoms with Gasteiger partial charge in [-0.15, -0.1) is 11.3 Å². The number of thiophene rings is 1. The van der Waals surface area contributed by atoms with Crippen molar-refractivity contribution in [2.45, 2.75) is 46.6 Å². The molecule has 4 rings (SSSR count). The van der Waals surface area contributed by atoms with E-state index in [1.54, 1.807) is 11.3 Å². The molecule has 0 saturated carbocycles. The Hall–Kier alpha value is -3.00. The van der Waals surface area contributed by atoms with E-state index >= 15 is 0 Å². The number of aromatic nitrogens is 2. The highest BCUT2D eigenvalue weighted by Gasteiger charge is 2.23. The van der Waals surface area contributed by atoms with Crippen LogP contribution >= 0.6 is 11.3 Å². The summed E-state index contributed by atoms with van der Waals surface area (Å²) >= 11 is 1.58. The third-order valence-corrected chi connectivity index (χ3v) is 7.08. The van der Waals surface area contributed by atoms with Crippen molar-refractivity contribution in [3.8, 4) is 0 Å². The van der Waals surface area contributed by atoms with E-state index in [2.05, 4.69) is 22.5 Å². The first-order chi connectivity index (χ1) is 14.8. The van der Waals surface area contributed by atoms with E-state index in [4.69, 9.17) is 0 Å². The van der Waals surface area contributed by atoms with Crippen molar-refractivity contribution in [1.29, 1.82) is 0 Å². The normalized spacial score (nSPS) is 15.5. The molecule has 162 valence electrons. The lowest BCUT2D eigenvalue weighted by molar-refractivity contribution is -0.124. The minimum absolute atomic E-state index is 0.164. The molecule has 1 aliphatic rings. The van der Waals surface area contributed by atoms with Crippen LogP contribution in [0.4, 0.5) is 5.69 Å². The van der Waals surface area contributed by atoms with Crippen LogP contribution in [0.25, 0.3) is 10.2 Å². The van der Waals surface area contributed by atoms with Crippen molar-refractivity contribution in [3.63, 3.8) is 0 Å². The van der Waals surface area contributed by atoms with Gasteiger partial charge in [-0.3, -0.25) is 19.0 Å². The monoisotopic (exact) mass is 438 g/mol. The summed E-state index contributed by atoms with van der Waals surface area (Å²) in [5.74, 6) is -0.107. The number of hydrogen-bond acceptors (Lipinski definition) is 5. The summed E-state index contributed by atoms with van der Waals surface area (Å²) in [7, 11) is 0. The Labute approximate surface area is 184 Å². The second-order valence-corrected chi connectivity index (χ2v) is 9.37. The molecule has 8 heteroatoms. The highest BCUT2D eigenvalue weighted by molar-refractivity contribution is 7.18. The fourth-order valence-corrected chi connectivity index (χ4v) is 5.29. The van der Waals surface area contributed by atoms with E-state index in [1.165, 1.54) is 15.8 Å². The number of aryl methyl sites for hydroxylation is 2. The molecule has 3 aromatic rings. The molecular weight excluding hydrogens is 412 g/mol. The minimum atomic E-state index is -0.405. The summed E-state index contributed by atoms with van der Waals surface area (Å²) in [6.45, 7) is 5.80. The van der Waals surface area contributed by atoms with Crippen molar-refractivity contribution < 1.29 is 9.59 Å². The zero-order chi connectivity index (χ0) is 22.1. The Morgan fingerprint density at radius 2 is 2.06 bits per heavy atom. The predicted molar refractivity (Wildman–Crippen MR) is 123 cm³/mol. The number of rotatable bonds is 5. The van der Waals surface area contributed by atoms with E-state index in [-0.39, 0.29) is 24.6 Å². The quantitative estimate of drug-likeness (QED) is 0.641. The lowest BCUT2D eigenvalue weighted by atomic mass is 9.89. The van der Waals surface area contributed by atoms with E-state index < -0.39 is 5.91 Å². The third-order valence-electron chi connectivity index (χ3n) is 5.92. The molecule has 0 unspecified atom stereocenters. The molecular formula is C23H26N4O3S. The second-order valence-electron chi connectivity index (χ2n) is 8.28. The van der Waals surface area contributed by atoms with Gasteiger partial charge in [-0.25, -0.2) is 4.98 Å². The summed E-state index contributed by atoms with van der Waals surface area (Å²) < 4.78 is 1.32. The molecule has 2 N–H and O–H groups in total. The van der Waals surface area contributed by atoms with Crippen LogP contribution < -0.4 is 16.2 Å². The first kappa shape index (κ1) is 21.2. The number of benzene rings is 1. The lowest BCUT2D eigenvalue weighted by Gasteiger charge is -2.17. The maximum absolute atomic E-state index is 13.0. The van der Waals surface area contributed by atoms with Gasteiger partial charge in [-0.2, -0.15) is 0 Å². The van der Waals surface area contributed by atoms with E-state index in [1.807, 2.05) is 32.0 Å². The number of fused-ring (bicyclic) bond motifs is 3. The van der Waals surface area contributed by atoms with Crippen molar-refractivity contribution in [2.75, 3.05) is 11.9 Å². The maximum Gasteiger partial charge on any atom is 0.262 e. The number of carbonyl (C=O) groups is 2. The van der Waals surface area contributed by atoms with Crippen molar-refractivity contribution in [1.82, 2.24) is 14.9 Å². The van der Waals surface area contributed by atoms with Gasteiger partial charge in [-0.05, 0) is 61.8 Å². The fourth-order valence-electron chi connectivity index (χ4n) is 3.95. The molecule has 2 heterocycles. The predicted octanol–water partition coefficient (Wildman–Crippen LogP) is 2.95. The van der Waals surface area contributed by atoms with Crippen LogP contribution in [0.3, 0.4) is 0 Å². The minimum Gasteiger partial charge on any atom is -0.345 e. The molecule has 31 heavy (non-hydrogen) atoms. The smallest absolute Gasteiger partial charge is 0.262 e. The third kappa shape index (κ3) is 4.39. The molecule has 1 aliphatic carbocycles. The van der Waals surface area contributed by atoms with E-state index in [9.17, 15) is 14.4 Å². The van der Waals surface area contributed by atoms with E-state index in [0.29, 0.717) is 11.3 Å². The summed E-state index contributed by atoms with van der Waals surface area (Å²) in [6, 6.07) is 5.67. The van der Waals surface area contributed by atoms with Gasteiger partial charge in [0.25, 0.3) is 5.56 Å². The fraction of sp³-hybridized carbons (Fsp3) is 0.391. The standard InChI is InChI=1S/C23H26N4O3S/c1-13-7-8-16-18(9-13)31-22-21(16)23(30)27(12-25-22)11-20(29)24-10-19(28)26-17-6-4-5-14(2)15(17)3/h4-6,12-13H,7-11H2,1-3H3,(H,24,29)(H,26,28)/t13-/m0/s1. The highest BCUT2D eigenvalue weighted by Crippen LogP contribution is 2.35. The Balaban J connectivity index is 1.42. The second kappa shape index (κ2) is 8.63. The molecule has 2 amide bonds. The molecule has 1 aromatic carbocycles. The lowest BCUT2D eigenvalue weighted by Crippen LogP contribution is -2.37. The average molecular weight is 439 g/mol. The number of amides is 2. The van der Waals surface area contributed by atoms with Crippen molar-refractivity contribution in [3.05, 3.63) is 56.4 Å². The Kier molecular flexibility index (Phi) is 5.91. The maximum atomic E-state index is 13.0. The van der Waals surface area contributed by atoms with Crippen LogP contribution in [0.5, 0.6) is 0 Å². The number of hydrogen-bond donors (Lipinski definition) is 2. The number of nitrogens with one attached hydrogen (secondary N) is 2. The van der Waals surface area contributed by atoms with Crippen molar-refractivity contribution >= 4 is 39.1 Å². The molecule has 7 nitrogen and oxygen atoms in total. The molecule has 1 atom stereocenters. The number of anilines is 1. The first-order valence-electron chi connectivity index (χ1n) is 10.5. The summed E-state index contributed by atoms with van der Waals surface area (Å²) in [5, 5.41) is 6.04. The van der Waals surface area contributed by atoms with Gasteiger partial charge in [0, 0.05) is 10.6 Å². The van der Waals surface area contributed by atoms with Crippen molar-refractivity contribution in [2.24, 2.45) is 5.92 Å². The molecule has 2 aromatic heterocycles. The van der Waals surface area contributed by atoms with Gasteiger partial charge in [0.15, 0.2) is 0 Å². The van der Waals surface area contributed by atoms with Crippen LogP contribution in [0, 0.1) is 19.8 Å². The average Bonchev–Trinajstić information content (AvgIpc) is 3.10. The highest BCUT2D eigenvalue weighted by atomic mass is 32.1. The summed E-state index contributed by atoms with van der Waals surface area (Å²) in [5.41, 5.74) is 3.70. The molecule has 0 fully saturated rings. The summed E-state index contributed by atoms with van der Waals surface area (Å²) in [4.78, 5) is 44.0. The summed E-state index contributed by atoms with van der Waals surface area (Å²) in [6.07, 6.45) is 4.34. The number of carbonyl (C=O) groups excluding carboxylic acids is 2. The molecule has 0 bridgehead atoms. The van der Waals surface area contributed by atoms with Gasteiger partial charge in [0.1, 0.15) is 11.4 Å². The molecule has 0 spiro atoms. The van der Waals surface area contributed by atoms with Gasteiger partial charge < -0.3 is 10.6 Å².